The van der Waals surface area contributed by atoms with E-state index in [4.69, 9.17) is 5.73 Å². The van der Waals surface area contributed by atoms with Crippen molar-refractivity contribution in [2.45, 2.75) is 38.5 Å². The SMILES string of the molecule is NC(=O)c1ccc(N2CCCCC2)cc1N1CCCCC1. The number of hydrogen-bond donors (Lipinski definition) is 1. The summed E-state index contributed by atoms with van der Waals surface area (Å²) in [7, 11) is 0. The van der Waals surface area contributed by atoms with E-state index in [0.29, 0.717) is 5.56 Å². The zero-order chi connectivity index (χ0) is 14.7. The number of hydrogen-bond acceptors (Lipinski definition) is 3. The first-order valence-corrected chi connectivity index (χ1v) is 8.19. The van der Waals surface area contributed by atoms with Gasteiger partial charge in [0, 0.05) is 31.9 Å². The molecule has 0 aliphatic carbocycles. The van der Waals surface area contributed by atoms with Crippen molar-refractivity contribution in [1.82, 2.24) is 0 Å². The summed E-state index contributed by atoms with van der Waals surface area (Å²) in [6.45, 7) is 4.30. The fourth-order valence-corrected chi connectivity index (χ4v) is 3.47. The fraction of sp³-hybridized carbons (Fsp3) is 0.588. The van der Waals surface area contributed by atoms with E-state index in [0.717, 1.165) is 31.9 Å². The van der Waals surface area contributed by atoms with Gasteiger partial charge >= 0.3 is 0 Å². The first kappa shape index (κ1) is 14.2. The molecule has 4 heteroatoms. The molecule has 1 aromatic rings. The zero-order valence-electron chi connectivity index (χ0n) is 12.7. The second kappa shape index (κ2) is 6.37. The molecule has 0 atom stereocenters. The molecular formula is C17H25N3O. The van der Waals surface area contributed by atoms with Crippen LogP contribution in [0.2, 0.25) is 0 Å². The van der Waals surface area contributed by atoms with Crippen molar-refractivity contribution < 1.29 is 4.79 Å². The van der Waals surface area contributed by atoms with Gasteiger partial charge in [-0.1, -0.05) is 0 Å². The second-order valence-electron chi connectivity index (χ2n) is 6.16. The molecule has 0 unspecified atom stereocenters. The average Bonchev–Trinajstić information content (AvgIpc) is 2.56. The van der Waals surface area contributed by atoms with E-state index in [1.54, 1.807) is 0 Å². The van der Waals surface area contributed by atoms with Crippen LogP contribution in [0.15, 0.2) is 18.2 Å². The molecular weight excluding hydrogens is 262 g/mol. The highest BCUT2D eigenvalue weighted by molar-refractivity contribution is 5.99. The molecule has 2 heterocycles. The predicted molar refractivity (Wildman–Crippen MR) is 87.1 cm³/mol. The molecule has 2 N–H and O–H groups in total. The monoisotopic (exact) mass is 287 g/mol. The molecule has 114 valence electrons. The van der Waals surface area contributed by atoms with Crippen molar-refractivity contribution in [2.75, 3.05) is 36.0 Å². The van der Waals surface area contributed by atoms with Gasteiger partial charge in [-0.25, -0.2) is 0 Å². The molecule has 2 saturated heterocycles. The largest absolute Gasteiger partial charge is 0.371 e. The van der Waals surface area contributed by atoms with Crippen LogP contribution in [-0.4, -0.2) is 32.1 Å². The van der Waals surface area contributed by atoms with Gasteiger partial charge in [0.25, 0.3) is 5.91 Å². The Morgan fingerprint density at radius 2 is 1.43 bits per heavy atom. The number of anilines is 2. The van der Waals surface area contributed by atoms with Crippen LogP contribution < -0.4 is 15.5 Å². The predicted octanol–water partition coefficient (Wildman–Crippen LogP) is 2.77. The molecule has 21 heavy (non-hydrogen) atoms. The van der Waals surface area contributed by atoms with Gasteiger partial charge < -0.3 is 15.5 Å². The molecule has 0 bridgehead atoms. The Balaban J connectivity index is 1.91. The van der Waals surface area contributed by atoms with E-state index in [1.807, 2.05) is 6.07 Å². The lowest BCUT2D eigenvalue weighted by Crippen LogP contribution is -2.33. The summed E-state index contributed by atoms with van der Waals surface area (Å²) in [5.41, 5.74) is 8.50. The van der Waals surface area contributed by atoms with E-state index in [9.17, 15) is 4.79 Å². The summed E-state index contributed by atoms with van der Waals surface area (Å²) in [5, 5.41) is 0. The smallest absolute Gasteiger partial charge is 0.250 e. The first-order valence-electron chi connectivity index (χ1n) is 8.19. The van der Waals surface area contributed by atoms with Crippen molar-refractivity contribution in [2.24, 2.45) is 5.73 Å². The third-order valence-electron chi connectivity index (χ3n) is 4.66. The van der Waals surface area contributed by atoms with Crippen LogP contribution in [0.1, 0.15) is 48.9 Å². The highest BCUT2D eigenvalue weighted by Crippen LogP contribution is 2.30. The number of rotatable bonds is 3. The van der Waals surface area contributed by atoms with E-state index >= 15 is 0 Å². The number of carbonyl (C=O) groups is 1. The minimum absolute atomic E-state index is 0.319. The van der Waals surface area contributed by atoms with Crippen LogP contribution in [-0.2, 0) is 0 Å². The standard InChI is InChI=1S/C17H25N3O/c18-17(21)15-8-7-14(19-9-3-1-4-10-19)13-16(15)20-11-5-2-6-12-20/h7-8,13H,1-6,9-12H2,(H2,18,21). The van der Waals surface area contributed by atoms with Crippen LogP contribution in [0.25, 0.3) is 0 Å². The number of primary amides is 1. The lowest BCUT2D eigenvalue weighted by molar-refractivity contribution is 0.100. The molecule has 3 rings (SSSR count). The highest BCUT2D eigenvalue weighted by Gasteiger charge is 2.19. The van der Waals surface area contributed by atoms with Crippen LogP contribution in [0.3, 0.4) is 0 Å². The lowest BCUT2D eigenvalue weighted by Gasteiger charge is -2.33. The molecule has 2 fully saturated rings. The Hall–Kier alpha value is -1.71. The van der Waals surface area contributed by atoms with Crippen LogP contribution in [0.5, 0.6) is 0 Å². The molecule has 0 spiro atoms. The van der Waals surface area contributed by atoms with Gasteiger partial charge in [-0.3, -0.25) is 4.79 Å². The maximum Gasteiger partial charge on any atom is 0.250 e. The van der Waals surface area contributed by atoms with Crippen molar-refractivity contribution in [1.29, 1.82) is 0 Å². The van der Waals surface area contributed by atoms with E-state index in [1.165, 1.54) is 44.2 Å². The summed E-state index contributed by atoms with van der Waals surface area (Å²) in [5.74, 6) is -0.319. The molecule has 0 saturated carbocycles. The molecule has 1 aromatic carbocycles. The normalized spacial score (nSPS) is 19.6. The van der Waals surface area contributed by atoms with Gasteiger partial charge in [0.15, 0.2) is 0 Å². The fourth-order valence-electron chi connectivity index (χ4n) is 3.47. The maximum absolute atomic E-state index is 11.7. The Bertz CT molecular complexity index is 503. The molecule has 2 aliphatic heterocycles. The first-order chi connectivity index (χ1) is 10.3. The van der Waals surface area contributed by atoms with Crippen molar-refractivity contribution in [3.8, 4) is 0 Å². The minimum atomic E-state index is -0.319. The number of nitrogens with zero attached hydrogens (tertiary/aromatic N) is 2. The molecule has 0 aromatic heterocycles. The summed E-state index contributed by atoms with van der Waals surface area (Å²) in [6, 6.07) is 6.14. The Labute approximate surface area is 126 Å². The number of piperidine rings is 2. The Morgan fingerprint density at radius 3 is 2.00 bits per heavy atom. The quantitative estimate of drug-likeness (QED) is 0.930. The van der Waals surface area contributed by atoms with Crippen LogP contribution in [0.4, 0.5) is 11.4 Å². The number of amides is 1. The topological polar surface area (TPSA) is 49.6 Å². The van der Waals surface area contributed by atoms with Gasteiger partial charge in [-0.05, 0) is 56.7 Å². The number of benzene rings is 1. The summed E-state index contributed by atoms with van der Waals surface area (Å²) < 4.78 is 0. The summed E-state index contributed by atoms with van der Waals surface area (Å²) in [6.07, 6.45) is 7.54. The van der Waals surface area contributed by atoms with Crippen LogP contribution >= 0.6 is 0 Å². The van der Waals surface area contributed by atoms with E-state index in [2.05, 4.69) is 21.9 Å². The molecule has 2 aliphatic rings. The Kier molecular flexibility index (Phi) is 4.32. The van der Waals surface area contributed by atoms with Gasteiger partial charge in [0.2, 0.25) is 0 Å². The van der Waals surface area contributed by atoms with Gasteiger partial charge in [0.05, 0.1) is 11.3 Å². The molecule has 0 radical (unpaired) electrons. The van der Waals surface area contributed by atoms with Crippen molar-refractivity contribution >= 4 is 17.3 Å². The van der Waals surface area contributed by atoms with Crippen molar-refractivity contribution in [3.05, 3.63) is 23.8 Å². The van der Waals surface area contributed by atoms with Crippen molar-refractivity contribution in [3.63, 3.8) is 0 Å². The number of nitrogens with two attached hydrogens (primary N) is 1. The van der Waals surface area contributed by atoms with Gasteiger partial charge in [-0.2, -0.15) is 0 Å². The Morgan fingerprint density at radius 1 is 0.857 bits per heavy atom. The highest BCUT2D eigenvalue weighted by atomic mass is 16.1. The third-order valence-corrected chi connectivity index (χ3v) is 4.66. The number of carbonyl (C=O) groups excluding carboxylic acids is 1. The molecule has 4 nitrogen and oxygen atoms in total. The van der Waals surface area contributed by atoms with Gasteiger partial charge in [0.1, 0.15) is 0 Å². The van der Waals surface area contributed by atoms with E-state index in [-0.39, 0.29) is 5.91 Å². The minimum Gasteiger partial charge on any atom is -0.371 e. The zero-order valence-corrected chi connectivity index (χ0v) is 12.7. The average molecular weight is 287 g/mol. The summed E-state index contributed by atoms with van der Waals surface area (Å²) in [4.78, 5) is 16.5. The van der Waals surface area contributed by atoms with Gasteiger partial charge in [-0.15, -0.1) is 0 Å². The second-order valence-corrected chi connectivity index (χ2v) is 6.16. The lowest BCUT2D eigenvalue weighted by atomic mass is 10.0. The summed E-state index contributed by atoms with van der Waals surface area (Å²) >= 11 is 0. The van der Waals surface area contributed by atoms with E-state index < -0.39 is 0 Å². The third kappa shape index (κ3) is 3.14. The maximum atomic E-state index is 11.7. The molecule has 1 amide bonds. The van der Waals surface area contributed by atoms with Crippen LogP contribution in [0, 0.1) is 0 Å².